The van der Waals surface area contributed by atoms with Crippen molar-refractivity contribution in [1.82, 2.24) is 0 Å². The number of para-hydroxylation sites is 1. The molecule has 3 aromatic rings. The Morgan fingerprint density at radius 1 is 1.31 bits per heavy atom. The van der Waals surface area contributed by atoms with E-state index in [0.29, 0.717) is 16.7 Å². The van der Waals surface area contributed by atoms with Gasteiger partial charge < -0.3 is 23.4 Å². The first-order valence-electron chi connectivity index (χ1n) is 8.21. The normalized spacial score (nSPS) is 21.8. The lowest BCUT2D eigenvalue weighted by Crippen LogP contribution is -2.50. The summed E-state index contributed by atoms with van der Waals surface area (Å²) in [5, 5.41) is 11.3. The van der Waals surface area contributed by atoms with Crippen LogP contribution in [0.2, 0.25) is 0 Å². The van der Waals surface area contributed by atoms with E-state index in [4.69, 9.17) is 18.3 Å². The minimum Gasteiger partial charge on any atom is -0.469 e. The topological polar surface area (TPSA) is 99.1 Å². The average Bonchev–Trinajstić information content (AvgIpc) is 3.16. The number of esters is 1. The van der Waals surface area contributed by atoms with Gasteiger partial charge in [0.2, 0.25) is 0 Å². The highest BCUT2D eigenvalue weighted by molar-refractivity contribution is 5.87. The summed E-state index contributed by atoms with van der Waals surface area (Å²) in [4.78, 5) is 24.9. The minimum absolute atomic E-state index is 0.0838. The van der Waals surface area contributed by atoms with Crippen molar-refractivity contribution < 1.29 is 28.2 Å². The fourth-order valence-corrected chi connectivity index (χ4v) is 3.24. The van der Waals surface area contributed by atoms with Crippen LogP contribution >= 0.6 is 0 Å². The molecule has 0 radical (unpaired) electrons. The molecule has 0 saturated heterocycles. The summed E-state index contributed by atoms with van der Waals surface area (Å²) < 4.78 is 21.4. The van der Waals surface area contributed by atoms with Crippen LogP contribution in [0.25, 0.3) is 11.0 Å². The van der Waals surface area contributed by atoms with E-state index in [2.05, 4.69) is 0 Å². The molecule has 0 saturated carbocycles. The summed E-state index contributed by atoms with van der Waals surface area (Å²) in [6.07, 6.45) is 1.23. The lowest BCUT2D eigenvalue weighted by atomic mass is 9.86. The molecule has 134 valence electrons. The molecule has 7 nitrogen and oxygen atoms in total. The van der Waals surface area contributed by atoms with Gasteiger partial charge in [0.15, 0.2) is 0 Å². The Balaban J connectivity index is 1.97. The molecule has 0 fully saturated rings. The maximum atomic E-state index is 12.6. The Morgan fingerprint density at radius 3 is 2.85 bits per heavy atom. The molecule has 2 aromatic heterocycles. The van der Waals surface area contributed by atoms with Crippen molar-refractivity contribution >= 4 is 16.9 Å². The monoisotopic (exact) mass is 356 g/mol. The predicted molar refractivity (Wildman–Crippen MR) is 89.9 cm³/mol. The van der Waals surface area contributed by atoms with Crippen molar-refractivity contribution in [2.24, 2.45) is 0 Å². The highest BCUT2D eigenvalue weighted by Gasteiger charge is 2.50. The molecule has 1 aliphatic heterocycles. The lowest BCUT2D eigenvalue weighted by molar-refractivity contribution is -0.205. The molecule has 26 heavy (non-hydrogen) atoms. The van der Waals surface area contributed by atoms with E-state index in [-0.39, 0.29) is 24.3 Å². The van der Waals surface area contributed by atoms with E-state index in [1.807, 2.05) is 0 Å². The van der Waals surface area contributed by atoms with Crippen molar-refractivity contribution in [2.45, 2.75) is 25.0 Å². The second kappa shape index (κ2) is 6.03. The molecular formula is C19H16O7. The van der Waals surface area contributed by atoms with Crippen LogP contribution in [0, 0.1) is 0 Å². The molecule has 1 aliphatic rings. The van der Waals surface area contributed by atoms with Crippen LogP contribution < -0.4 is 10.4 Å². The zero-order valence-electron chi connectivity index (χ0n) is 13.9. The quantitative estimate of drug-likeness (QED) is 0.569. The highest BCUT2D eigenvalue weighted by Crippen LogP contribution is 2.45. The van der Waals surface area contributed by atoms with Gasteiger partial charge >= 0.3 is 17.4 Å². The molecule has 3 heterocycles. The van der Waals surface area contributed by atoms with E-state index < -0.39 is 23.3 Å². The fourth-order valence-electron chi connectivity index (χ4n) is 3.24. The van der Waals surface area contributed by atoms with Crippen LogP contribution in [0.5, 0.6) is 5.75 Å². The van der Waals surface area contributed by atoms with Crippen molar-refractivity contribution in [3.8, 4) is 5.75 Å². The zero-order valence-corrected chi connectivity index (χ0v) is 13.9. The minimum atomic E-state index is -2.24. The predicted octanol–water partition coefficient (Wildman–Crippen LogP) is 2.55. The number of ether oxygens (including phenoxy) is 2. The molecule has 1 unspecified atom stereocenters. The summed E-state index contributed by atoms with van der Waals surface area (Å²) >= 11 is 0. The number of carbonyl (C=O) groups excluding carboxylic acids is 1. The van der Waals surface area contributed by atoms with Gasteiger partial charge in [-0.2, -0.15) is 0 Å². The van der Waals surface area contributed by atoms with Gasteiger partial charge in [0.25, 0.3) is 0 Å². The number of furan rings is 1. The van der Waals surface area contributed by atoms with Gasteiger partial charge in [0.05, 0.1) is 29.7 Å². The van der Waals surface area contributed by atoms with Gasteiger partial charge in [0.1, 0.15) is 17.1 Å². The number of hydrogen-bond donors (Lipinski definition) is 1. The second-order valence-electron chi connectivity index (χ2n) is 6.01. The summed E-state index contributed by atoms with van der Waals surface area (Å²) in [6, 6.07) is 10.1. The van der Waals surface area contributed by atoms with Gasteiger partial charge in [-0.3, -0.25) is 0 Å². The highest BCUT2D eigenvalue weighted by atomic mass is 16.7. The smallest absolute Gasteiger partial charge is 0.379 e. The summed E-state index contributed by atoms with van der Waals surface area (Å²) in [7, 11) is 0. The Kier molecular flexibility index (Phi) is 3.81. The third-order valence-electron chi connectivity index (χ3n) is 4.38. The van der Waals surface area contributed by atoms with Gasteiger partial charge in [-0.05, 0) is 31.2 Å². The number of aliphatic hydroxyl groups is 1. The van der Waals surface area contributed by atoms with Crippen LogP contribution in [-0.4, -0.2) is 23.5 Å². The van der Waals surface area contributed by atoms with E-state index in [9.17, 15) is 14.7 Å². The molecule has 0 spiro atoms. The van der Waals surface area contributed by atoms with Crippen LogP contribution in [0.15, 0.2) is 56.3 Å². The first-order chi connectivity index (χ1) is 12.5. The summed E-state index contributed by atoms with van der Waals surface area (Å²) in [5.74, 6) is -3.36. The Labute approximate surface area is 147 Å². The van der Waals surface area contributed by atoms with Crippen molar-refractivity contribution in [1.29, 1.82) is 0 Å². The fraction of sp³-hybridized carbons (Fsp3) is 0.263. The van der Waals surface area contributed by atoms with Crippen molar-refractivity contribution in [3.63, 3.8) is 0 Å². The first-order valence-corrected chi connectivity index (χ1v) is 8.21. The molecule has 0 amide bonds. The van der Waals surface area contributed by atoms with Crippen LogP contribution in [0.4, 0.5) is 0 Å². The standard InChI is InChI=1S/C19H16O7/c1-2-23-18(21)19(22)10-12(13-8-5-9-24-13)15-16(26-19)11-6-3-4-7-14(11)25-17(15)20/h3-9,12,22H,2,10H2,1H3/t12-,19?/m1/s1. The third kappa shape index (κ3) is 2.48. The van der Waals surface area contributed by atoms with E-state index in [0.717, 1.165) is 0 Å². The van der Waals surface area contributed by atoms with Crippen molar-refractivity contribution in [3.05, 3.63) is 64.4 Å². The largest absolute Gasteiger partial charge is 0.469 e. The number of fused-ring (bicyclic) bond motifs is 3. The number of benzene rings is 1. The maximum Gasteiger partial charge on any atom is 0.379 e. The molecule has 7 heteroatoms. The number of rotatable bonds is 3. The molecule has 0 aliphatic carbocycles. The molecular weight excluding hydrogens is 340 g/mol. The number of carbonyl (C=O) groups is 1. The Morgan fingerprint density at radius 2 is 2.12 bits per heavy atom. The molecule has 1 aromatic carbocycles. The maximum absolute atomic E-state index is 12.6. The van der Waals surface area contributed by atoms with E-state index in [1.54, 1.807) is 43.3 Å². The van der Waals surface area contributed by atoms with Crippen LogP contribution in [0.3, 0.4) is 0 Å². The number of hydrogen-bond acceptors (Lipinski definition) is 7. The van der Waals surface area contributed by atoms with Crippen LogP contribution in [0.1, 0.15) is 30.6 Å². The average molecular weight is 356 g/mol. The zero-order chi connectivity index (χ0) is 18.3. The second-order valence-corrected chi connectivity index (χ2v) is 6.01. The van der Waals surface area contributed by atoms with Crippen LogP contribution in [-0.2, 0) is 9.53 Å². The molecule has 4 rings (SSSR count). The van der Waals surface area contributed by atoms with E-state index in [1.165, 1.54) is 6.26 Å². The molecule has 1 N–H and O–H groups in total. The van der Waals surface area contributed by atoms with Gasteiger partial charge in [0, 0.05) is 6.42 Å². The third-order valence-corrected chi connectivity index (χ3v) is 4.38. The Bertz CT molecular complexity index is 1020. The van der Waals surface area contributed by atoms with Gasteiger partial charge in [-0.1, -0.05) is 12.1 Å². The SMILES string of the molecule is CCOC(=O)C1(O)C[C@H](c2ccco2)c2c(c3ccccc3oc2=O)O1. The lowest BCUT2D eigenvalue weighted by Gasteiger charge is -2.35. The molecule has 2 atom stereocenters. The molecule has 0 bridgehead atoms. The Hall–Kier alpha value is -3.06. The first kappa shape index (κ1) is 16.4. The summed E-state index contributed by atoms with van der Waals surface area (Å²) in [5.41, 5.74) is -0.110. The van der Waals surface area contributed by atoms with Gasteiger partial charge in [-0.15, -0.1) is 0 Å². The summed E-state index contributed by atoms with van der Waals surface area (Å²) in [6.45, 7) is 1.71. The van der Waals surface area contributed by atoms with E-state index >= 15 is 0 Å². The van der Waals surface area contributed by atoms with Gasteiger partial charge in [-0.25, -0.2) is 9.59 Å². The van der Waals surface area contributed by atoms with Crippen molar-refractivity contribution in [2.75, 3.05) is 6.61 Å².